The van der Waals surface area contributed by atoms with Gasteiger partial charge in [0.05, 0.1) is 11.8 Å². The highest BCUT2D eigenvalue weighted by molar-refractivity contribution is 5.93. The molecule has 1 aromatic heterocycles. The van der Waals surface area contributed by atoms with Crippen LogP contribution < -0.4 is 5.32 Å². The van der Waals surface area contributed by atoms with E-state index in [0.717, 1.165) is 12.1 Å². The Bertz CT molecular complexity index is 416. The number of rotatable bonds is 4. The SMILES string of the molecule is CCc1cc(C(=O)NC(C)C#N)n(CC)n1. The molecule has 0 radical (unpaired) electrons. The van der Waals surface area contributed by atoms with Gasteiger partial charge >= 0.3 is 0 Å². The first-order valence-electron chi connectivity index (χ1n) is 5.39. The van der Waals surface area contributed by atoms with E-state index in [4.69, 9.17) is 5.26 Å². The molecule has 0 saturated carbocycles. The fraction of sp³-hybridized carbons (Fsp3) is 0.545. The number of carbonyl (C=O) groups excluding carboxylic acids is 1. The zero-order chi connectivity index (χ0) is 12.1. The van der Waals surface area contributed by atoms with Crippen LogP contribution in [0, 0.1) is 11.3 Å². The lowest BCUT2D eigenvalue weighted by Crippen LogP contribution is -2.32. The number of amides is 1. The predicted molar refractivity (Wildman–Crippen MR) is 59.8 cm³/mol. The lowest BCUT2D eigenvalue weighted by molar-refractivity contribution is 0.0937. The molecule has 0 aliphatic rings. The molecule has 1 amide bonds. The molecule has 0 aromatic carbocycles. The Morgan fingerprint density at radius 3 is 2.88 bits per heavy atom. The Hall–Kier alpha value is -1.83. The predicted octanol–water partition coefficient (Wildman–Crippen LogP) is 1.11. The highest BCUT2D eigenvalue weighted by atomic mass is 16.2. The minimum absolute atomic E-state index is 0.247. The van der Waals surface area contributed by atoms with Gasteiger partial charge in [-0.2, -0.15) is 10.4 Å². The van der Waals surface area contributed by atoms with Crippen LogP contribution in [0.4, 0.5) is 0 Å². The van der Waals surface area contributed by atoms with Gasteiger partial charge in [-0.05, 0) is 26.3 Å². The number of nitriles is 1. The van der Waals surface area contributed by atoms with Crippen molar-refractivity contribution in [3.63, 3.8) is 0 Å². The summed E-state index contributed by atoms with van der Waals surface area (Å²) in [5.41, 5.74) is 1.40. The van der Waals surface area contributed by atoms with Gasteiger partial charge in [-0.1, -0.05) is 6.92 Å². The molecule has 0 aliphatic carbocycles. The standard InChI is InChI=1S/C11H16N4O/c1-4-9-6-10(15(5-2)14-9)11(16)13-8(3)7-12/h6,8H,4-5H2,1-3H3,(H,13,16). The second-order valence-corrected chi connectivity index (χ2v) is 3.51. The summed E-state index contributed by atoms with van der Waals surface area (Å²) in [5.74, 6) is -0.247. The largest absolute Gasteiger partial charge is 0.335 e. The Balaban J connectivity index is 2.90. The second-order valence-electron chi connectivity index (χ2n) is 3.51. The molecule has 0 saturated heterocycles. The van der Waals surface area contributed by atoms with E-state index in [9.17, 15) is 4.79 Å². The van der Waals surface area contributed by atoms with Crippen LogP contribution >= 0.6 is 0 Å². The summed E-state index contributed by atoms with van der Waals surface area (Å²) in [5, 5.41) is 15.5. The molecular weight excluding hydrogens is 204 g/mol. The smallest absolute Gasteiger partial charge is 0.270 e. The average Bonchev–Trinajstić information content (AvgIpc) is 2.71. The van der Waals surface area contributed by atoms with E-state index in [1.165, 1.54) is 0 Å². The van der Waals surface area contributed by atoms with Gasteiger partial charge < -0.3 is 5.32 Å². The Labute approximate surface area is 95.1 Å². The van der Waals surface area contributed by atoms with Crippen LogP contribution in [0.3, 0.4) is 0 Å². The van der Waals surface area contributed by atoms with Crippen molar-refractivity contribution in [2.24, 2.45) is 0 Å². The van der Waals surface area contributed by atoms with Crippen LogP contribution in [0.5, 0.6) is 0 Å². The fourth-order valence-electron chi connectivity index (χ4n) is 1.37. The van der Waals surface area contributed by atoms with Crippen molar-refractivity contribution in [3.05, 3.63) is 17.5 Å². The van der Waals surface area contributed by atoms with E-state index in [0.29, 0.717) is 12.2 Å². The first kappa shape index (κ1) is 12.2. The van der Waals surface area contributed by atoms with Crippen molar-refractivity contribution in [2.45, 2.75) is 39.8 Å². The van der Waals surface area contributed by atoms with Crippen molar-refractivity contribution >= 4 is 5.91 Å². The first-order valence-corrected chi connectivity index (χ1v) is 5.39. The van der Waals surface area contributed by atoms with Crippen LogP contribution in [-0.4, -0.2) is 21.7 Å². The summed E-state index contributed by atoms with van der Waals surface area (Å²) in [4.78, 5) is 11.8. The topological polar surface area (TPSA) is 70.7 Å². The number of aryl methyl sites for hydroxylation is 2. The van der Waals surface area contributed by atoms with Crippen LogP contribution in [-0.2, 0) is 13.0 Å². The monoisotopic (exact) mass is 220 g/mol. The third kappa shape index (κ3) is 2.60. The van der Waals surface area contributed by atoms with Crippen molar-refractivity contribution in [1.82, 2.24) is 15.1 Å². The fourth-order valence-corrected chi connectivity index (χ4v) is 1.37. The van der Waals surface area contributed by atoms with E-state index in [-0.39, 0.29) is 5.91 Å². The quantitative estimate of drug-likeness (QED) is 0.826. The highest BCUT2D eigenvalue weighted by Crippen LogP contribution is 2.05. The summed E-state index contributed by atoms with van der Waals surface area (Å²) < 4.78 is 1.65. The normalized spacial score (nSPS) is 11.9. The van der Waals surface area contributed by atoms with Crippen molar-refractivity contribution in [3.8, 4) is 6.07 Å². The number of hydrogen-bond donors (Lipinski definition) is 1. The molecule has 1 N–H and O–H groups in total. The summed E-state index contributed by atoms with van der Waals surface area (Å²) in [7, 11) is 0. The second kappa shape index (κ2) is 5.31. The summed E-state index contributed by atoms with van der Waals surface area (Å²) in [6.07, 6.45) is 0.793. The minimum atomic E-state index is -0.488. The molecule has 16 heavy (non-hydrogen) atoms. The maximum absolute atomic E-state index is 11.8. The van der Waals surface area contributed by atoms with E-state index in [1.54, 1.807) is 17.7 Å². The number of hydrogen-bond acceptors (Lipinski definition) is 3. The van der Waals surface area contributed by atoms with Crippen LogP contribution in [0.2, 0.25) is 0 Å². The third-order valence-electron chi connectivity index (χ3n) is 2.27. The maximum atomic E-state index is 11.8. The highest BCUT2D eigenvalue weighted by Gasteiger charge is 2.15. The minimum Gasteiger partial charge on any atom is -0.335 e. The molecule has 1 atom stereocenters. The number of nitrogens with zero attached hydrogens (tertiary/aromatic N) is 3. The molecule has 0 fully saturated rings. The molecule has 1 aromatic rings. The number of carbonyl (C=O) groups is 1. The Morgan fingerprint density at radius 2 is 2.38 bits per heavy atom. The lowest BCUT2D eigenvalue weighted by Gasteiger charge is -2.07. The Morgan fingerprint density at radius 1 is 1.69 bits per heavy atom. The van der Waals surface area contributed by atoms with Crippen LogP contribution in [0.25, 0.3) is 0 Å². The van der Waals surface area contributed by atoms with Crippen molar-refractivity contribution in [1.29, 1.82) is 5.26 Å². The van der Waals surface area contributed by atoms with Gasteiger partial charge in [0, 0.05) is 6.54 Å². The molecular formula is C11H16N4O. The zero-order valence-corrected chi connectivity index (χ0v) is 9.82. The molecule has 86 valence electrons. The Kier molecular flexibility index (Phi) is 4.06. The maximum Gasteiger partial charge on any atom is 0.270 e. The zero-order valence-electron chi connectivity index (χ0n) is 9.82. The van der Waals surface area contributed by atoms with Gasteiger partial charge in [-0.25, -0.2) is 0 Å². The lowest BCUT2D eigenvalue weighted by atomic mass is 10.3. The van der Waals surface area contributed by atoms with Gasteiger partial charge in [0.2, 0.25) is 0 Å². The van der Waals surface area contributed by atoms with Crippen LogP contribution in [0.1, 0.15) is 37.0 Å². The van der Waals surface area contributed by atoms with Crippen LogP contribution in [0.15, 0.2) is 6.07 Å². The van der Waals surface area contributed by atoms with Crippen molar-refractivity contribution < 1.29 is 4.79 Å². The molecule has 1 unspecified atom stereocenters. The summed E-state index contributed by atoms with van der Waals surface area (Å²) in [6.45, 7) is 6.20. The van der Waals surface area contributed by atoms with E-state index >= 15 is 0 Å². The first-order chi connectivity index (χ1) is 7.62. The van der Waals surface area contributed by atoms with E-state index in [1.807, 2.05) is 19.9 Å². The summed E-state index contributed by atoms with van der Waals surface area (Å²) >= 11 is 0. The summed E-state index contributed by atoms with van der Waals surface area (Å²) in [6, 6.07) is 3.24. The molecule has 1 heterocycles. The average molecular weight is 220 g/mol. The van der Waals surface area contributed by atoms with Gasteiger partial charge in [-0.3, -0.25) is 9.48 Å². The van der Waals surface area contributed by atoms with Crippen molar-refractivity contribution in [2.75, 3.05) is 0 Å². The molecule has 0 bridgehead atoms. The molecule has 5 heteroatoms. The van der Waals surface area contributed by atoms with E-state index < -0.39 is 6.04 Å². The van der Waals surface area contributed by atoms with Gasteiger partial charge in [0.1, 0.15) is 11.7 Å². The molecule has 5 nitrogen and oxygen atoms in total. The molecule has 0 aliphatic heterocycles. The number of aromatic nitrogens is 2. The van der Waals surface area contributed by atoms with Gasteiger partial charge in [0.15, 0.2) is 0 Å². The third-order valence-corrected chi connectivity index (χ3v) is 2.27. The van der Waals surface area contributed by atoms with Gasteiger partial charge in [-0.15, -0.1) is 0 Å². The molecule has 1 rings (SSSR count). The molecule has 0 spiro atoms. The van der Waals surface area contributed by atoms with E-state index in [2.05, 4.69) is 10.4 Å². The number of nitrogens with one attached hydrogen (secondary N) is 1. The van der Waals surface area contributed by atoms with Gasteiger partial charge in [0.25, 0.3) is 5.91 Å².